The number of hydrogen-bond acceptors (Lipinski definition) is 3. The summed E-state index contributed by atoms with van der Waals surface area (Å²) in [5, 5.41) is 2.84. The molecule has 0 aliphatic heterocycles. The van der Waals surface area contributed by atoms with Crippen molar-refractivity contribution in [3.05, 3.63) is 29.3 Å². The van der Waals surface area contributed by atoms with E-state index in [2.05, 4.69) is 24.4 Å². The lowest BCUT2D eigenvalue weighted by molar-refractivity contribution is -0.121. The highest BCUT2D eigenvalue weighted by molar-refractivity contribution is 5.85. The summed E-state index contributed by atoms with van der Waals surface area (Å²) in [5.41, 5.74) is 7.79. The van der Waals surface area contributed by atoms with E-state index < -0.39 is 0 Å². The van der Waals surface area contributed by atoms with Gasteiger partial charge in [0.15, 0.2) is 0 Å². The highest BCUT2D eigenvalue weighted by Crippen LogP contribution is 2.19. The summed E-state index contributed by atoms with van der Waals surface area (Å²) < 4.78 is 5.76. The van der Waals surface area contributed by atoms with Gasteiger partial charge in [0.05, 0.1) is 6.61 Å². The van der Waals surface area contributed by atoms with Crippen LogP contribution in [0.25, 0.3) is 0 Å². The summed E-state index contributed by atoms with van der Waals surface area (Å²) in [6.45, 7) is 9.02. The molecular weight excluding hydrogens is 300 g/mol. The third-order valence-corrected chi connectivity index (χ3v) is 3.14. The van der Waals surface area contributed by atoms with Crippen molar-refractivity contribution in [1.82, 2.24) is 5.32 Å². The quantitative estimate of drug-likeness (QED) is 0.721. The van der Waals surface area contributed by atoms with Crippen LogP contribution in [0.2, 0.25) is 0 Å². The first kappa shape index (κ1) is 20.7. The lowest BCUT2D eigenvalue weighted by Gasteiger charge is -2.18. The highest BCUT2D eigenvalue weighted by Gasteiger charge is 2.11. The Bertz CT molecular complexity index is 470. The number of nitrogens with one attached hydrogen (secondary N) is 1. The fraction of sp³-hybridized carbons (Fsp3) is 0.588. The van der Waals surface area contributed by atoms with E-state index in [1.165, 1.54) is 5.56 Å². The fourth-order valence-electron chi connectivity index (χ4n) is 1.85. The highest BCUT2D eigenvalue weighted by atomic mass is 35.5. The Balaban J connectivity index is 0.00000441. The van der Waals surface area contributed by atoms with E-state index in [0.717, 1.165) is 24.2 Å². The minimum absolute atomic E-state index is 0. The molecule has 0 heterocycles. The molecule has 22 heavy (non-hydrogen) atoms. The van der Waals surface area contributed by atoms with Crippen LogP contribution < -0.4 is 15.8 Å². The van der Waals surface area contributed by atoms with Crippen LogP contribution in [0.3, 0.4) is 0 Å². The average molecular weight is 329 g/mol. The maximum Gasteiger partial charge on any atom is 0.220 e. The molecule has 126 valence electrons. The molecule has 0 aromatic heterocycles. The van der Waals surface area contributed by atoms with Crippen molar-refractivity contribution in [1.29, 1.82) is 0 Å². The standard InChI is InChI=1S/C17H28N2O2.ClH/c1-13-8-9-14(2)15(11-13)21-10-6-5-7-16(20)19-12-17(3,4)18;/h8-9,11H,5-7,10,12,18H2,1-4H3,(H,19,20);1H. The molecule has 5 heteroatoms. The number of halogens is 1. The molecule has 1 amide bonds. The Hall–Kier alpha value is -1.26. The molecular formula is C17H29ClN2O2. The smallest absolute Gasteiger partial charge is 0.220 e. The number of aryl methyl sites for hydroxylation is 2. The van der Waals surface area contributed by atoms with Crippen LogP contribution in [0.5, 0.6) is 5.75 Å². The molecule has 0 fully saturated rings. The number of carbonyl (C=O) groups is 1. The zero-order chi connectivity index (χ0) is 15.9. The van der Waals surface area contributed by atoms with Crippen LogP contribution in [0.1, 0.15) is 44.2 Å². The zero-order valence-corrected chi connectivity index (χ0v) is 14.9. The van der Waals surface area contributed by atoms with E-state index in [1.54, 1.807) is 0 Å². The molecule has 0 radical (unpaired) electrons. The summed E-state index contributed by atoms with van der Waals surface area (Å²) in [5.74, 6) is 0.990. The molecule has 4 nitrogen and oxygen atoms in total. The van der Waals surface area contributed by atoms with E-state index in [9.17, 15) is 4.79 Å². The van der Waals surface area contributed by atoms with Gasteiger partial charge in [-0.05, 0) is 57.7 Å². The van der Waals surface area contributed by atoms with Gasteiger partial charge in [0.2, 0.25) is 5.91 Å². The maximum atomic E-state index is 11.6. The fourth-order valence-corrected chi connectivity index (χ4v) is 1.85. The number of carbonyl (C=O) groups excluding carboxylic acids is 1. The number of rotatable bonds is 8. The van der Waals surface area contributed by atoms with Gasteiger partial charge < -0.3 is 15.8 Å². The molecule has 0 bridgehead atoms. The SMILES string of the molecule is Cc1ccc(C)c(OCCCCC(=O)NCC(C)(C)N)c1.Cl. The second kappa shape index (κ2) is 9.70. The third-order valence-electron chi connectivity index (χ3n) is 3.14. The van der Waals surface area contributed by atoms with Gasteiger partial charge in [-0.15, -0.1) is 12.4 Å². The third kappa shape index (κ3) is 8.90. The van der Waals surface area contributed by atoms with Crippen molar-refractivity contribution >= 4 is 18.3 Å². The van der Waals surface area contributed by atoms with E-state index >= 15 is 0 Å². The van der Waals surface area contributed by atoms with Crippen molar-refractivity contribution < 1.29 is 9.53 Å². The summed E-state index contributed by atoms with van der Waals surface area (Å²) in [6, 6.07) is 6.18. The van der Waals surface area contributed by atoms with Crippen molar-refractivity contribution in [3.8, 4) is 5.75 Å². The topological polar surface area (TPSA) is 64.3 Å². The first-order valence-electron chi connectivity index (χ1n) is 7.53. The molecule has 0 saturated carbocycles. The van der Waals surface area contributed by atoms with Crippen molar-refractivity contribution in [2.24, 2.45) is 5.73 Å². The van der Waals surface area contributed by atoms with Crippen molar-refractivity contribution in [3.63, 3.8) is 0 Å². The lowest BCUT2D eigenvalue weighted by Crippen LogP contribution is -2.45. The van der Waals surface area contributed by atoms with Gasteiger partial charge in [0.1, 0.15) is 5.75 Å². The predicted octanol–water partition coefficient (Wildman–Crippen LogP) is 3.13. The minimum Gasteiger partial charge on any atom is -0.493 e. The zero-order valence-electron chi connectivity index (χ0n) is 14.1. The van der Waals surface area contributed by atoms with Crippen molar-refractivity contribution in [2.45, 2.75) is 52.5 Å². The molecule has 0 unspecified atom stereocenters. The van der Waals surface area contributed by atoms with Gasteiger partial charge in [-0.2, -0.15) is 0 Å². The molecule has 0 aliphatic rings. The number of amides is 1. The molecule has 0 atom stereocenters. The second-order valence-corrected chi connectivity index (χ2v) is 6.34. The predicted molar refractivity (Wildman–Crippen MR) is 93.8 cm³/mol. The van der Waals surface area contributed by atoms with E-state index in [4.69, 9.17) is 10.5 Å². The number of unbranched alkanes of at least 4 members (excludes halogenated alkanes) is 1. The van der Waals surface area contributed by atoms with E-state index in [0.29, 0.717) is 19.6 Å². The molecule has 0 aliphatic carbocycles. The van der Waals surface area contributed by atoms with Gasteiger partial charge in [-0.3, -0.25) is 4.79 Å². The lowest BCUT2D eigenvalue weighted by atomic mass is 10.1. The number of ether oxygens (including phenoxy) is 1. The monoisotopic (exact) mass is 328 g/mol. The van der Waals surface area contributed by atoms with Gasteiger partial charge in [-0.25, -0.2) is 0 Å². The first-order valence-corrected chi connectivity index (χ1v) is 7.53. The maximum absolute atomic E-state index is 11.6. The van der Waals surface area contributed by atoms with Gasteiger partial charge in [0, 0.05) is 18.5 Å². The van der Waals surface area contributed by atoms with E-state index in [1.807, 2.05) is 26.8 Å². The van der Waals surface area contributed by atoms with Crippen molar-refractivity contribution in [2.75, 3.05) is 13.2 Å². The van der Waals surface area contributed by atoms with Crippen LogP contribution in [-0.2, 0) is 4.79 Å². The Kier molecular flexibility index (Phi) is 9.14. The number of hydrogen-bond donors (Lipinski definition) is 2. The Morgan fingerprint density at radius 1 is 1.27 bits per heavy atom. The summed E-state index contributed by atoms with van der Waals surface area (Å²) >= 11 is 0. The van der Waals surface area contributed by atoms with Crippen LogP contribution in [0.4, 0.5) is 0 Å². The van der Waals surface area contributed by atoms with E-state index in [-0.39, 0.29) is 23.9 Å². The van der Waals surface area contributed by atoms with Crippen LogP contribution in [-0.4, -0.2) is 24.6 Å². The van der Waals surface area contributed by atoms with Gasteiger partial charge >= 0.3 is 0 Å². The minimum atomic E-state index is -0.360. The Labute approximate surface area is 140 Å². The van der Waals surface area contributed by atoms with Crippen LogP contribution in [0, 0.1) is 13.8 Å². The molecule has 1 aromatic rings. The molecule has 0 saturated heterocycles. The average Bonchev–Trinajstić information content (AvgIpc) is 2.39. The molecule has 1 aromatic carbocycles. The van der Waals surface area contributed by atoms with Gasteiger partial charge in [0.25, 0.3) is 0 Å². The first-order chi connectivity index (χ1) is 9.78. The summed E-state index contributed by atoms with van der Waals surface area (Å²) in [7, 11) is 0. The number of nitrogens with two attached hydrogens (primary N) is 1. The Morgan fingerprint density at radius 2 is 1.95 bits per heavy atom. The second-order valence-electron chi connectivity index (χ2n) is 6.34. The summed E-state index contributed by atoms with van der Waals surface area (Å²) in [6.07, 6.45) is 2.21. The Morgan fingerprint density at radius 3 is 2.59 bits per heavy atom. The summed E-state index contributed by atoms with van der Waals surface area (Å²) in [4.78, 5) is 11.6. The number of benzene rings is 1. The molecule has 0 spiro atoms. The van der Waals surface area contributed by atoms with Crippen LogP contribution in [0.15, 0.2) is 18.2 Å². The largest absolute Gasteiger partial charge is 0.493 e. The molecule has 1 rings (SSSR count). The van der Waals surface area contributed by atoms with Gasteiger partial charge in [-0.1, -0.05) is 12.1 Å². The van der Waals surface area contributed by atoms with Crippen LogP contribution >= 0.6 is 12.4 Å². The molecule has 3 N–H and O–H groups in total. The normalized spacial score (nSPS) is 10.8.